The van der Waals surface area contributed by atoms with E-state index >= 15 is 0 Å². The van der Waals surface area contributed by atoms with Crippen LogP contribution >= 0.6 is 0 Å². The van der Waals surface area contributed by atoms with Gasteiger partial charge in [-0.05, 0) is 35.4 Å². The summed E-state index contributed by atoms with van der Waals surface area (Å²) in [7, 11) is 0. The van der Waals surface area contributed by atoms with Gasteiger partial charge in [0.05, 0.1) is 13.2 Å². The molecule has 0 aliphatic heterocycles. The lowest BCUT2D eigenvalue weighted by molar-refractivity contribution is 0.236. The fourth-order valence-electron chi connectivity index (χ4n) is 1.52. The minimum atomic E-state index is -1.98. The molecule has 0 aliphatic carbocycles. The lowest BCUT2D eigenvalue weighted by atomic mass is 10.2. The fourth-order valence-corrected chi connectivity index (χ4v) is 2.05. The second kappa shape index (κ2) is 7.23. The SMILES string of the molecule is O=S(OCc1cccc(F)c1)OCc1cccc(F)c1. The van der Waals surface area contributed by atoms with E-state index in [1.807, 2.05) is 0 Å². The summed E-state index contributed by atoms with van der Waals surface area (Å²) in [6.45, 7) is -0.0684. The molecule has 2 aromatic rings. The smallest absolute Gasteiger partial charge is 0.264 e. The fraction of sp³-hybridized carbons (Fsp3) is 0.143. The van der Waals surface area contributed by atoms with E-state index in [0.29, 0.717) is 11.1 Å². The average Bonchev–Trinajstić information content (AvgIpc) is 2.43. The molecule has 0 amide bonds. The topological polar surface area (TPSA) is 35.5 Å². The number of rotatable bonds is 6. The number of hydrogen-bond acceptors (Lipinski definition) is 3. The Labute approximate surface area is 118 Å². The summed E-state index contributed by atoms with van der Waals surface area (Å²) in [4.78, 5) is 0. The van der Waals surface area contributed by atoms with E-state index in [9.17, 15) is 13.0 Å². The molecular formula is C14H12F2O3S. The van der Waals surface area contributed by atoms with Crippen LogP contribution in [0.1, 0.15) is 11.1 Å². The summed E-state index contributed by atoms with van der Waals surface area (Å²) < 4.78 is 47.1. The van der Waals surface area contributed by atoms with E-state index < -0.39 is 23.0 Å². The van der Waals surface area contributed by atoms with Crippen LogP contribution in [0.25, 0.3) is 0 Å². The number of benzene rings is 2. The molecular weight excluding hydrogens is 286 g/mol. The molecule has 2 aromatic carbocycles. The Bertz CT molecular complexity index is 553. The van der Waals surface area contributed by atoms with Gasteiger partial charge in [0.25, 0.3) is 0 Å². The van der Waals surface area contributed by atoms with Crippen molar-refractivity contribution in [3.8, 4) is 0 Å². The lowest BCUT2D eigenvalue weighted by Crippen LogP contribution is -2.03. The second-order valence-electron chi connectivity index (χ2n) is 3.99. The summed E-state index contributed by atoms with van der Waals surface area (Å²) in [5.41, 5.74) is 1.10. The highest BCUT2D eigenvalue weighted by Crippen LogP contribution is 2.09. The van der Waals surface area contributed by atoms with Crippen molar-refractivity contribution in [2.45, 2.75) is 13.2 Å². The normalized spacial score (nSPS) is 10.9. The maximum absolute atomic E-state index is 12.9. The Morgan fingerprint density at radius 2 is 1.30 bits per heavy atom. The van der Waals surface area contributed by atoms with Crippen LogP contribution in [0.2, 0.25) is 0 Å². The van der Waals surface area contributed by atoms with Gasteiger partial charge in [-0.3, -0.25) is 8.37 Å². The third kappa shape index (κ3) is 4.80. The minimum Gasteiger partial charge on any atom is -0.264 e. The quantitative estimate of drug-likeness (QED) is 0.821. The van der Waals surface area contributed by atoms with E-state index in [-0.39, 0.29) is 13.2 Å². The zero-order valence-corrected chi connectivity index (χ0v) is 11.2. The first-order valence-electron chi connectivity index (χ1n) is 5.81. The Balaban J connectivity index is 1.78. The zero-order chi connectivity index (χ0) is 14.4. The Morgan fingerprint density at radius 3 is 1.70 bits per heavy atom. The molecule has 0 heterocycles. The van der Waals surface area contributed by atoms with Crippen LogP contribution in [-0.2, 0) is 32.9 Å². The molecule has 106 valence electrons. The van der Waals surface area contributed by atoms with Gasteiger partial charge in [-0.15, -0.1) is 0 Å². The summed E-state index contributed by atoms with van der Waals surface area (Å²) in [5, 5.41) is 0. The summed E-state index contributed by atoms with van der Waals surface area (Å²) in [5.74, 6) is -0.782. The van der Waals surface area contributed by atoms with Gasteiger partial charge in [0, 0.05) is 0 Å². The molecule has 3 nitrogen and oxygen atoms in total. The van der Waals surface area contributed by atoms with Crippen LogP contribution in [0.3, 0.4) is 0 Å². The zero-order valence-electron chi connectivity index (χ0n) is 10.4. The van der Waals surface area contributed by atoms with Gasteiger partial charge in [0.1, 0.15) is 11.6 Å². The second-order valence-corrected chi connectivity index (χ2v) is 4.87. The standard InChI is InChI=1S/C14H12F2O3S/c15-13-5-1-3-11(7-13)9-18-20(17)19-10-12-4-2-6-14(16)8-12/h1-8H,9-10H2. The molecule has 0 bridgehead atoms. The molecule has 0 unspecified atom stereocenters. The molecule has 2 rings (SSSR count). The van der Waals surface area contributed by atoms with Gasteiger partial charge in [0.15, 0.2) is 0 Å². The predicted molar refractivity (Wildman–Crippen MR) is 70.5 cm³/mol. The molecule has 0 atom stereocenters. The van der Waals surface area contributed by atoms with Crippen molar-refractivity contribution in [3.05, 3.63) is 71.3 Å². The molecule has 0 radical (unpaired) electrons. The van der Waals surface area contributed by atoms with Crippen molar-refractivity contribution >= 4 is 11.4 Å². The summed E-state index contributed by atoms with van der Waals surface area (Å²) >= 11 is -1.98. The van der Waals surface area contributed by atoms with Crippen LogP contribution < -0.4 is 0 Å². The average molecular weight is 298 g/mol. The maximum Gasteiger partial charge on any atom is 0.305 e. The first-order valence-corrected chi connectivity index (χ1v) is 6.81. The molecule has 0 N–H and O–H groups in total. The van der Waals surface area contributed by atoms with Crippen molar-refractivity contribution < 1.29 is 21.4 Å². The molecule has 20 heavy (non-hydrogen) atoms. The van der Waals surface area contributed by atoms with Crippen LogP contribution in [0.5, 0.6) is 0 Å². The minimum absolute atomic E-state index is 0.0342. The molecule has 0 saturated heterocycles. The molecule has 0 saturated carbocycles. The third-order valence-corrected chi connectivity index (χ3v) is 3.04. The molecule has 0 fully saturated rings. The summed E-state index contributed by atoms with van der Waals surface area (Å²) in [6, 6.07) is 11.5. The largest absolute Gasteiger partial charge is 0.305 e. The highest BCUT2D eigenvalue weighted by atomic mass is 32.2. The van der Waals surface area contributed by atoms with Gasteiger partial charge in [-0.2, -0.15) is 4.21 Å². The molecule has 0 aromatic heterocycles. The van der Waals surface area contributed by atoms with E-state index in [0.717, 1.165) is 0 Å². The summed E-state index contributed by atoms with van der Waals surface area (Å²) in [6.07, 6.45) is 0. The van der Waals surface area contributed by atoms with Crippen LogP contribution in [0.15, 0.2) is 48.5 Å². The van der Waals surface area contributed by atoms with Gasteiger partial charge in [0.2, 0.25) is 0 Å². The van der Waals surface area contributed by atoms with Crippen molar-refractivity contribution in [2.24, 2.45) is 0 Å². The van der Waals surface area contributed by atoms with Gasteiger partial charge in [-0.25, -0.2) is 8.78 Å². The molecule has 0 aliphatic rings. The van der Waals surface area contributed by atoms with Crippen molar-refractivity contribution in [1.29, 1.82) is 0 Å². The van der Waals surface area contributed by atoms with E-state index in [1.165, 1.54) is 36.4 Å². The van der Waals surface area contributed by atoms with Gasteiger partial charge < -0.3 is 0 Å². The third-order valence-electron chi connectivity index (χ3n) is 2.42. The predicted octanol–water partition coefficient (Wildman–Crippen LogP) is 3.28. The number of halogens is 2. The molecule has 6 heteroatoms. The van der Waals surface area contributed by atoms with Gasteiger partial charge in [-0.1, -0.05) is 24.3 Å². The molecule has 0 spiro atoms. The first kappa shape index (κ1) is 14.8. The van der Waals surface area contributed by atoms with E-state index in [2.05, 4.69) is 0 Å². The Hall–Kier alpha value is -1.63. The van der Waals surface area contributed by atoms with E-state index in [4.69, 9.17) is 8.37 Å². The maximum atomic E-state index is 12.9. The first-order chi connectivity index (χ1) is 9.63. The Morgan fingerprint density at radius 1 is 0.850 bits per heavy atom. The van der Waals surface area contributed by atoms with Crippen molar-refractivity contribution in [1.82, 2.24) is 0 Å². The Kier molecular flexibility index (Phi) is 5.34. The van der Waals surface area contributed by atoms with Crippen molar-refractivity contribution in [3.63, 3.8) is 0 Å². The van der Waals surface area contributed by atoms with Gasteiger partial charge >= 0.3 is 11.4 Å². The van der Waals surface area contributed by atoms with Crippen molar-refractivity contribution in [2.75, 3.05) is 0 Å². The number of hydrogen-bond donors (Lipinski definition) is 0. The monoisotopic (exact) mass is 298 g/mol. The van der Waals surface area contributed by atoms with Crippen LogP contribution in [0, 0.1) is 11.6 Å². The van der Waals surface area contributed by atoms with Crippen LogP contribution in [-0.4, -0.2) is 4.21 Å². The highest BCUT2D eigenvalue weighted by molar-refractivity contribution is 7.75. The van der Waals surface area contributed by atoms with E-state index in [1.54, 1.807) is 12.1 Å². The lowest BCUT2D eigenvalue weighted by Gasteiger charge is -2.05. The highest BCUT2D eigenvalue weighted by Gasteiger charge is 2.04. The van der Waals surface area contributed by atoms with Crippen LogP contribution in [0.4, 0.5) is 8.78 Å².